The number of anilines is 2. The van der Waals surface area contributed by atoms with Crippen molar-refractivity contribution < 1.29 is 8.94 Å². The van der Waals surface area contributed by atoms with Crippen molar-refractivity contribution in [3.8, 4) is 0 Å². The van der Waals surface area contributed by atoms with Crippen LogP contribution < -0.4 is 15.8 Å². The summed E-state index contributed by atoms with van der Waals surface area (Å²) in [6.07, 6.45) is 6.18. The summed E-state index contributed by atoms with van der Waals surface area (Å²) in [6.45, 7) is 1.45. The van der Waals surface area contributed by atoms with E-state index in [1.54, 1.807) is 11.6 Å². The van der Waals surface area contributed by atoms with E-state index in [4.69, 9.17) is 17.3 Å². The predicted molar refractivity (Wildman–Crippen MR) is 107 cm³/mol. The van der Waals surface area contributed by atoms with E-state index in [2.05, 4.69) is 15.0 Å². The molecule has 4 N–H and O–H groups in total. The summed E-state index contributed by atoms with van der Waals surface area (Å²) >= 11 is 5.81. The average molecular weight is 417 g/mol. The van der Waals surface area contributed by atoms with Gasteiger partial charge in [0.25, 0.3) is 0 Å². The number of nitrogens with zero attached hydrogens (tertiary/aromatic N) is 1. The van der Waals surface area contributed by atoms with Gasteiger partial charge >= 0.3 is 0 Å². The third kappa shape index (κ3) is 5.01. The summed E-state index contributed by atoms with van der Waals surface area (Å²) < 4.78 is 29.4. The number of hydrogen-bond donors (Lipinski definition) is 3. The van der Waals surface area contributed by atoms with Crippen molar-refractivity contribution in [3.63, 3.8) is 0 Å². The summed E-state index contributed by atoms with van der Waals surface area (Å²) in [5, 5.41) is 5.80. The number of thiazole rings is 1. The molecule has 0 amide bonds. The van der Waals surface area contributed by atoms with Gasteiger partial charge in [-0.25, -0.2) is 9.37 Å². The van der Waals surface area contributed by atoms with Gasteiger partial charge in [0, 0.05) is 30.3 Å². The van der Waals surface area contributed by atoms with Crippen LogP contribution in [0.4, 0.5) is 15.2 Å². The van der Waals surface area contributed by atoms with Gasteiger partial charge in [0.2, 0.25) is 10.0 Å². The summed E-state index contributed by atoms with van der Waals surface area (Å²) in [5.41, 5.74) is 6.30. The number of nitrogens with two attached hydrogens (primary N) is 1. The van der Waals surface area contributed by atoms with Crippen LogP contribution in [0.25, 0.3) is 0 Å². The molecule has 142 valence electrons. The lowest BCUT2D eigenvalue weighted by Gasteiger charge is -2.28. The maximum absolute atomic E-state index is 14.4. The van der Waals surface area contributed by atoms with Crippen LogP contribution >= 0.6 is 22.9 Å². The molecule has 0 bridgehead atoms. The van der Waals surface area contributed by atoms with Crippen molar-refractivity contribution in [2.24, 2.45) is 17.6 Å². The van der Waals surface area contributed by atoms with Crippen LogP contribution in [0.5, 0.6) is 0 Å². The van der Waals surface area contributed by atoms with Crippen LogP contribution in [0.3, 0.4) is 0 Å². The Balaban J connectivity index is 1.63. The molecular weight excluding hydrogens is 395 g/mol. The lowest BCUT2D eigenvalue weighted by atomic mass is 9.81. The fraction of sp³-hybridized carbons (Fsp3) is 0.471. The molecule has 3 rings (SSSR count). The lowest BCUT2D eigenvalue weighted by molar-refractivity contribution is 0.282. The lowest BCUT2D eigenvalue weighted by Crippen LogP contribution is -2.26. The standard InChI is InChI=1S/C17H22ClFN4OS2/c18-13-7-16(26(24)23-17-21-4-5-25-17)14(19)8-15(13)22-10-12-3-1-2-11(6-12)9-20/h4-5,7-8,11-12,22H,1-3,6,9-10,20H2,(H,21,23). The molecule has 3 atom stereocenters. The topological polar surface area (TPSA) is 86.0 Å². The van der Waals surface area contributed by atoms with Crippen LogP contribution in [0.1, 0.15) is 25.7 Å². The molecule has 0 saturated heterocycles. The van der Waals surface area contributed by atoms with E-state index in [1.165, 1.54) is 36.3 Å². The molecule has 1 aliphatic carbocycles. The summed E-state index contributed by atoms with van der Waals surface area (Å²) in [5.74, 6) is 0.518. The van der Waals surface area contributed by atoms with Crippen molar-refractivity contribution in [3.05, 3.63) is 34.5 Å². The van der Waals surface area contributed by atoms with Gasteiger partial charge in [-0.3, -0.25) is 0 Å². The fourth-order valence-electron chi connectivity index (χ4n) is 3.27. The normalized spacial score (nSPS) is 21.4. The van der Waals surface area contributed by atoms with E-state index in [0.717, 1.165) is 25.9 Å². The third-order valence-electron chi connectivity index (χ3n) is 4.64. The molecule has 2 aromatic rings. The highest BCUT2D eigenvalue weighted by Gasteiger charge is 2.23. The van der Waals surface area contributed by atoms with Gasteiger partial charge in [0.15, 0.2) is 5.82 Å². The Morgan fingerprint density at radius 2 is 2.19 bits per heavy atom. The first kappa shape index (κ1) is 19.7. The van der Waals surface area contributed by atoms with E-state index in [-0.39, 0.29) is 4.90 Å². The van der Waals surface area contributed by atoms with Gasteiger partial charge in [-0.2, -0.15) is 4.72 Å². The van der Waals surface area contributed by atoms with Gasteiger partial charge in [-0.15, -0.1) is 11.3 Å². The monoisotopic (exact) mass is 416 g/mol. The number of hydrogen-bond acceptors (Lipinski definition) is 6. The van der Waals surface area contributed by atoms with E-state index in [9.17, 15) is 8.94 Å². The minimum absolute atomic E-state index is 0.0108. The van der Waals surface area contributed by atoms with E-state index in [0.29, 0.717) is 27.7 Å². The van der Waals surface area contributed by atoms with Crippen LogP contribution in [0, 0.1) is 17.7 Å². The maximum atomic E-state index is 14.4. The first-order valence-corrected chi connectivity index (χ1v) is 11.0. The number of halogens is 2. The molecule has 1 heterocycles. The van der Waals surface area contributed by atoms with Gasteiger partial charge in [0.1, 0.15) is 11.4 Å². The van der Waals surface area contributed by atoms with Crippen LogP contribution in [0.15, 0.2) is 28.6 Å². The van der Waals surface area contributed by atoms with Crippen LogP contribution in [0.2, 0.25) is 5.02 Å². The van der Waals surface area contributed by atoms with Crippen molar-refractivity contribution in [2.75, 3.05) is 23.1 Å². The molecule has 5 nitrogen and oxygen atoms in total. The number of aromatic nitrogens is 1. The zero-order valence-electron chi connectivity index (χ0n) is 14.2. The Morgan fingerprint density at radius 1 is 1.38 bits per heavy atom. The zero-order chi connectivity index (χ0) is 18.5. The minimum atomic E-state index is -1.76. The molecule has 0 spiro atoms. The molecule has 1 saturated carbocycles. The highest BCUT2D eigenvalue weighted by atomic mass is 35.5. The fourth-order valence-corrected chi connectivity index (χ4v) is 5.14. The smallest absolute Gasteiger partial charge is 0.226 e. The zero-order valence-corrected chi connectivity index (χ0v) is 16.6. The molecule has 0 radical (unpaired) electrons. The molecule has 1 fully saturated rings. The third-order valence-corrected chi connectivity index (χ3v) is 6.86. The van der Waals surface area contributed by atoms with Gasteiger partial charge < -0.3 is 15.6 Å². The van der Waals surface area contributed by atoms with Crippen molar-refractivity contribution >= 4 is 45.1 Å². The molecule has 1 aromatic heterocycles. The SMILES string of the molecule is NCC1CCCC(CNc2cc(F)c([S+]([O-])Nc3nccs3)cc2Cl)C1. The first-order chi connectivity index (χ1) is 12.6. The molecule has 3 unspecified atom stereocenters. The second-order valence-corrected chi connectivity index (χ2v) is 8.97. The van der Waals surface area contributed by atoms with Crippen LogP contribution in [-0.4, -0.2) is 22.6 Å². The Morgan fingerprint density at radius 3 is 2.92 bits per heavy atom. The highest BCUT2D eigenvalue weighted by molar-refractivity contribution is 7.93. The predicted octanol–water partition coefficient (Wildman–Crippen LogP) is 4.25. The largest absolute Gasteiger partial charge is 0.588 e. The number of nitrogens with one attached hydrogen (secondary N) is 2. The van der Waals surface area contributed by atoms with Gasteiger partial charge in [0.05, 0.1) is 10.7 Å². The Bertz CT molecular complexity index is 719. The molecule has 9 heteroatoms. The Kier molecular flexibility index (Phi) is 6.99. The number of rotatable bonds is 7. The summed E-state index contributed by atoms with van der Waals surface area (Å²) in [4.78, 5) is 3.99. The number of benzene rings is 1. The van der Waals surface area contributed by atoms with Crippen molar-refractivity contribution in [1.29, 1.82) is 0 Å². The molecule has 1 aliphatic rings. The molecule has 26 heavy (non-hydrogen) atoms. The average Bonchev–Trinajstić information content (AvgIpc) is 3.15. The summed E-state index contributed by atoms with van der Waals surface area (Å²) in [6, 6.07) is 2.71. The molecule has 0 aliphatic heterocycles. The molecule has 1 aromatic carbocycles. The Hall–Kier alpha value is -1.06. The van der Waals surface area contributed by atoms with Crippen molar-refractivity contribution in [1.82, 2.24) is 4.98 Å². The second-order valence-electron chi connectivity index (χ2n) is 6.49. The van der Waals surface area contributed by atoms with E-state index < -0.39 is 17.2 Å². The maximum Gasteiger partial charge on any atom is 0.226 e. The summed E-state index contributed by atoms with van der Waals surface area (Å²) in [7, 11) is 0. The van der Waals surface area contributed by atoms with Gasteiger partial charge in [-0.05, 0) is 37.6 Å². The quantitative estimate of drug-likeness (QED) is 0.587. The van der Waals surface area contributed by atoms with Gasteiger partial charge in [-0.1, -0.05) is 18.0 Å². The van der Waals surface area contributed by atoms with E-state index >= 15 is 0 Å². The Labute approximate surface area is 164 Å². The first-order valence-electron chi connectivity index (χ1n) is 8.57. The van der Waals surface area contributed by atoms with E-state index in [1.807, 2.05) is 0 Å². The highest BCUT2D eigenvalue weighted by Crippen LogP contribution is 2.32. The van der Waals surface area contributed by atoms with Crippen molar-refractivity contribution in [2.45, 2.75) is 30.6 Å². The minimum Gasteiger partial charge on any atom is -0.588 e. The second kappa shape index (κ2) is 9.23. The molecular formula is C17H22ClFN4OS2. The van der Waals surface area contributed by atoms with Crippen LogP contribution in [-0.2, 0) is 11.4 Å².